The van der Waals surface area contributed by atoms with Crippen LogP contribution in [-0.2, 0) is 33.6 Å². The van der Waals surface area contributed by atoms with Crippen LogP contribution in [0.2, 0.25) is 0 Å². The molecule has 5 N–H and O–H groups in total. The summed E-state index contributed by atoms with van der Waals surface area (Å²) in [5.74, 6) is -3.76. The molecule has 0 radical (unpaired) electrons. The van der Waals surface area contributed by atoms with Gasteiger partial charge in [0, 0.05) is 31.7 Å². The Kier molecular flexibility index (Phi) is 14.3. The van der Waals surface area contributed by atoms with Gasteiger partial charge in [-0.1, -0.05) is 20.3 Å². The van der Waals surface area contributed by atoms with Gasteiger partial charge in [-0.3, -0.25) is 33.7 Å². The van der Waals surface area contributed by atoms with E-state index >= 15 is 0 Å². The molecule has 0 aliphatic carbocycles. The molecule has 3 atom stereocenters. The van der Waals surface area contributed by atoms with E-state index in [1.165, 1.54) is 19.1 Å². The number of unbranched alkanes of at least 4 members (excludes halogenated alkanes) is 3. The molecule has 13 nitrogen and oxygen atoms in total. The molecule has 0 aromatic heterocycles. The maximum atomic E-state index is 12.8. The van der Waals surface area contributed by atoms with Crippen molar-refractivity contribution in [3.8, 4) is 0 Å². The molecule has 1 aliphatic heterocycles. The van der Waals surface area contributed by atoms with Gasteiger partial charge in [0.15, 0.2) is 0 Å². The summed E-state index contributed by atoms with van der Waals surface area (Å²) >= 11 is 0. The fraction of sp³-hybridized carbons (Fsp3) is 0.640. The van der Waals surface area contributed by atoms with E-state index in [9.17, 15) is 38.7 Å². The molecule has 0 aromatic rings. The Balaban J connectivity index is 2.46. The molecule has 0 spiro atoms. The van der Waals surface area contributed by atoms with Crippen LogP contribution in [0.3, 0.4) is 0 Å². The van der Waals surface area contributed by atoms with Crippen LogP contribution in [0.15, 0.2) is 12.2 Å². The zero-order chi connectivity index (χ0) is 28.7. The molecule has 6 amide bonds. The van der Waals surface area contributed by atoms with Crippen molar-refractivity contribution in [2.45, 2.75) is 83.8 Å². The number of aliphatic carboxylic acids is 1. The third-order valence-electron chi connectivity index (χ3n) is 5.97. The van der Waals surface area contributed by atoms with Gasteiger partial charge < -0.3 is 26.4 Å². The Labute approximate surface area is 222 Å². The summed E-state index contributed by atoms with van der Waals surface area (Å²) in [4.78, 5) is 83.6. The highest BCUT2D eigenvalue weighted by Gasteiger charge is 2.29. The highest BCUT2D eigenvalue weighted by Crippen LogP contribution is 2.09. The zero-order valence-electron chi connectivity index (χ0n) is 22.2. The smallest absolute Gasteiger partial charge is 0.326 e. The molecular weight excluding hydrogens is 498 g/mol. The number of imide groups is 1. The third-order valence-corrected chi connectivity index (χ3v) is 5.97. The molecular formula is C25H39N5O8. The first-order chi connectivity index (χ1) is 18.0. The topological polar surface area (TPSA) is 191 Å². The second-order valence-corrected chi connectivity index (χ2v) is 9.46. The number of nitrogens with one attached hydrogen (secondary N) is 4. The molecule has 38 heavy (non-hydrogen) atoms. The summed E-state index contributed by atoms with van der Waals surface area (Å²) in [7, 11) is 0. The number of rotatable bonds is 19. The molecule has 212 valence electrons. The fourth-order valence-corrected chi connectivity index (χ4v) is 3.72. The number of nitrogens with zero attached hydrogens (tertiary/aromatic N) is 1. The summed E-state index contributed by atoms with van der Waals surface area (Å²) in [5.41, 5.74) is 0. The Bertz CT molecular complexity index is 886. The van der Waals surface area contributed by atoms with Crippen LogP contribution < -0.4 is 21.3 Å². The Hall–Kier alpha value is -3.77. The highest BCUT2D eigenvalue weighted by molar-refractivity contribution is 6.12. The standard InChI is InChI=1S/C25H39N5O8/c1-16(2)22(29-19(32)10-5-4-8-14-30-20(33)11-12-21(30)34)24(36)27-17(3)23(35)28-18(25(37)38)9-6-7-13-26-15-31/h11-12,15-18,22H,4-10,13-14H2,1-3H3,(H,26,31)(H,27,36)(H,28,35)(H,29,32)(H,37,38)/t17-,18-,22-/m0/s1. The van der Waals surface area contributed by atoms with E-state index in [1.807, 2.05) is 0 Å². The van der Waals surface area contributed by atoms with Crippen molar-refractivity contribution in [1.29, 1.82) is 0 Å². The van der Waals surface area contributed by atoms with Gasteiger partial charge in [0.2, 0.25) is 24.1 Å². The number of carboxylic acids is 1. The predicted octanol–water partition coefficient (Wildman–Crippen LogP) is -0.397. The van der Waals surface area contributed by atoms with Gasteiger partial charge in [-0.05, 0) is 44.9 Å². The molecule has 1 aliphatic rings. The lowest BCUT2D eigenvalue weighted by Crippen LogP contribution is -2.56. The number of hydrogen-bond acceptors (Lipinski definition) is 7. The first-order valence-electron chi connectivity index (χ1n) is 12.8. The van der Waals surface area contributed by atoms with Crippen LogP contribution in [0.25, 0.3) is 0 Å². The molecule has 0 saturated carbocycles. The molecule has 0 fully saturated rings. The Morgan fingerprint density at radius 2 is 1.55 bits per heavy atom. The van der Waals surface area contributed by atoms with Crippen LogP contribution in [0, 0.1) is 5.92 Å². The second-order valence-electron chi connectivity index (χ2n) is 9.46. The molecule has 13 heteroatoms. The lowest BCUT2D eigenvalue weighted by molar-refractivity contribution is -0.142. The Morgan fingerprint density at radius 1 is 0.895 bits per heavy atom. The normalized spacial score (nSPS) is 15.1. The van der Waals surface area contributed by atoms with E-state index < -0.39 is 35.9 Å². The van der Waals surface area contributed by atoms with Crippen LogP contribution in [0.5, 0.6) is 0 Å². The van der Waals surface area contributed by atoms with Crippen molar-refractivity contribution in [3.05, 3.63) is 12.2 Å². The monoisotopic (exact) mass is 537 g/mol. The van der Waals surface area contributed by atoms with Crippen molar-refractivity contribution in [3.63, 3.8) is 0 Å². The third kappa shape index (κ3) is 11.5. The van der Waals surface area contributed by atoms with E-state index in [0.717, 1.165) is 4.90 Å². The second kappa shape index (κ2) is 16.9. The Morgan fingerprint density at radius 3 is 2.13 bits per heavy atom. The first kappa shape index (κ1) is 32.3. The van der Waals surface area contributed by atoms with Crippen LogP contribution in [0.1, 0.15) is 65.7 Å². The molecule has 1 rings (SSSR count). The van der Waals surface area contributed by atoms with Crippen LogP contribution in [-0.4, -0.2) is 83.1 Å². The van der Waals surface area contributed by atoms with E-state index in [2.05, 4.69) is 21.3 Å². The fourth-order valence-electron chi connectivity index (χ4n) is 3.72. The van der Waals surface area contributed by atoms with E-state index in [-0.39, 0.29) is 43.0 Å². The van der Waals surface area contributed by atoms with Gasteiger partial charge in [0.1, 0.15) is 18.1 Å². The quantitative estimate of drug-likeness (QED) is 0.0835. The number of carbonyl (C=O) groups is 7. The number of carbonyl (C=O) groups excluding carboxylic acids is 6. The SMILES string of the molecule is CC(C)[C@H](NC(=O)CCCCCN1C(=O)C=CC1=O)C(=O)N[C@@H](C)C(=O)N[C@@H](CCCCNC=O)C(=O)O. The molecule has 0 saturated heterocycles. The molecule has 0 aromatic carbocycles. The summed E-state index contributed by atoms with van der Waals surface area (Å²) in [5, 5.41) is 19.5. The van der Waals surface area contributed by atoms with Crippen molar-refractivity contribution in [2.75, 3.05) is 13.1 Å². The summed E-state index contributed by atoms with van der Waals surface area (Å²) < 4.78 is 0. The van der Waals surface area contributed by atoms with E-state index in [0.29, 0.717) is 45.1 Å². The average Bonchev–Trinajstić information content (AvgIpc) is 3.17. The highest BCUT2D eigenvalue weighted by atomic mass is 16.4. The number of amides is 6. The van der Waals surface area contributed by atoms with Gasteiger partial charge in [-0.2, -0.15) is 0 Å². The van der Waals surface area contributed by atoms with E-state index in [1.54, 1.807) is 13.8 Å². The largest absolute Gasteiger partial charge is 0.480 e. The van der Waals surface area contributed by atoms with Gasteiger partial charge in [0.25, 0.3) is 11.8 Å². The van der Waals surface area contributed by atoms with Gasteiger partial charge >= 0.3 is 5.97 Å². The minimum atomic E-state index is -1.21. The van der Waals surface area contributed by atoms with Gasteiger partial charge in [-0.15, -0.1) is 0 Å². The van der Waals surface area contributed by atoms with Gasteiger partial charge in [0.05, 0.1) is 0 Å². The van der Waals surface area contributed by atoms with Crippen molar-refractivity contribution < 1.29 is 38.7 Å². The lowest BCUT2D eigenvalue weighted by Gasteiger charge is -2.24. The van der Waals surface area contributed by atoms with Crippen molar-refractivity contribution in [1.82, 2.24) is 26.2 Å². The number of hydrogen-bond donors (Lipinski definition) is 5. The van der Waals surface area contributed by atoms with Crippen molar-refractivity contribution in [2.24, 2.45) is 5.92 Å². The molecule has 0 bridgehead atoms. The van der Waals surface area contributed by atoms with Gasteiger partial charge in [-0.25, -0.2) is 4.79 Å². The van der Waals surface area contributed by atoms with E-state index in [4.69, 9.17) is 0 Å². The summed E-state index contributed by atoms with van der Waals surface area (Å²) in [6.45, 7) is 5.59. The lowest BCUT2D eigenvalue weighted by atomic mass is 10.0. The first-order valence-corrected chi connectivity index (χ1v) is 12.8. The maximum absolute atomic E-state index is 12.8. The van der Waals surface area contributed by atoms with Crippen LogP contribution in [0.4, 0.5) is 0 Å². The summed E-state index contributed by atoms with van der Waals surface area (Å²) in [6.07, 6.45) is 5.99. The average molecular weight is 538 g/mol. The minimum absolute atomic E-state index is 0.148. The minimum Gasteiger partial charge on any atom is -0.480 e. The molecule has 0 unspecified atom stereocenters. The summed E-state index contributed by atoms with van der Waals surface area (Å²) in [6, 6.07) is -3.08. The number of carboxylic acid groups (broad SMARTS) is 1. The van der Waals surface area contributed by atoms with Crippen LogP contribution >= 0.6 is 0 Å². The zero-order valence-corrected chi connectivity index (χ0v) is 22.2. The maximum Gasteiger partial charge on any atom is 0.326 e. The van der Waals surface area contributed by atoms with Crippen molar-refractivity contribution >= 4 is 41.9 Å². The molecule has 1 heterocycles. The predicted molar refractivity (Wildman–Crippen MR) is 136 cm³/mol.